The van der Waals surface area contributed by atoms with E-state index in [0.29, 0.717) is 0 Å². The van der Waals surface area contributed by atoms with Gasteiger partial charge in [0.15, 0.2) is 0 Å². The number of ether oxygens (including phenoxy) is 1. The fourth-order valence-electron chi connectivity index (χ4n) is 4.17. The van der Waals surface area contributed by atoms with E-state index in [4.69, 9.17) is 4.74 Å². The van der Waals surface area contributed by atoms with Gasteiger partial charge in [0, 0.05) is 31.5 Å². The van der Waals surface area contributed by atoms with Crippen LogP contribution in [0.2, 0.25) is 0 Å². The van der Waals surface area contributed by atoms with Crippen LogP contribution in [0.1, 0.15) is 40.4 Å². The molecule has 0 fully saturated rings. The Labute approximate surface area is 162 Å². The minimum Gasteiger partial charge on any atom is -0.497 e. The van der Waals surface area contributed by atoms with E-state index in [9.17, 15) is 0 Å². The third-order valence-corrected chi connectivity index (χ3v) is 5.66. The number of fused-ring (bicyclic) bond motifs is 1. The number of benzene rings is 2. The molecule has 0 unspecified atom stereocenters. The van der Waals surface area contributed by atoms with Gasteiger partial charge in [0.1, 0.15) is 5.75 Å². The van der Waals surface area contributed by atoms with E-state index >= 15 is 0 Å². The summed E-state index contributed by atoms with van der Waals surface area (Å²) >= 11 is 0. The second-order valence-electron chi connectivity index (χ2n) is 7.56. The van der Waals surface area contributed by atoms with E-state index < -0.39 is 0 Å². The van der Waals surface area contributed by atoms with Gasteiger partial charge in [0.2, 0.25) is 0 Å². The number of hydrogen-bond acceptors (Lipinski definition) is 2. The monoisotopic (exact) mass is 360 g/mol. The number of methoxy groups -OCH3 is 1. The van der Waals surface area contributed by atoms with E-state index in [0.717, 1.165) is 25.4 Å². The summed E-state index contributed by atoms with van der Waals surface area (Å²) in [6.45, 7) is 7.54. The summed E-state index contributed by atoms with van der Waals surface area (Å²) in [4.78, 5) is 2.63. The Hall–Kier alpha value is -2.52. The minimum atomic E-state index is 0.258. The largest absolute Gasteiger partial charge is 0.497 e. The Bertz CT molecular complexity index is 910. The molecule has 1 atom stereocenters. The van der Waals surface area contributed by atoms with Gasteiger partial charge in [0.05, 0.1) is 13.2 Å². The molecule has 0 N–H and O–H groups in total. The van der Waals surface area contributed by atoms with Crippen LogP contribution in [0, 0.1) is 13.8 Å². The fourth-order valence-corrected chi connectivity index (χ4v) is 4.17. The van der Waals surface area contributed by atoms with Crippen molar-refractivity contribution in [2.45, 2.75) is 39.4 Å². The maximum absolute atomic E-state index is 5.37. The van der Waals surface area contributed by atoms with Gasteiger partial charge in [-0.2, -0.15) is 0 Å². The van der Waals surface area contributed by atoms with Crippen LogP contribution in [0.15, 0.2) is 60.8 Å². The van der Waals surface area contributed by atoms with Crippen molar-refractivity contribution in [3.05, 3.63) is 88.7 Å². The molecule has 0 spiro atoms. The molecule has 4 rings (SSSR count). The molecule has 27 heavy (non-hydrogen) atoms. The molecule has 0 amide bonds. The molecule has 1 aromatic heterocycles. The van der Waals surface area contributed by atoms with Crippen LogP contribution < -0.4 is 4.74 Å². The van der Waals surface area contributed by atoms with Gasteiger partial charge < -0.3 is 9.30 Å². The van der Waals surface area contributed by atoms with Gasteiger partial charge in [-0.3, -0.25) is 4.90 Å². The molecule has 0 saturated heterocycles. The molecule has 2 aromatic carbocycles. The van der Waals surface area contributed by atoms with Crippen LogP contribution in [-0.4, -0.2) is 23.1 Å². The normalized spacial score (nSPS) is 17.4. The summed E-state index contributed by atoms with van der Waals surface area (Å²) in [7, 11) is 1.72. The standard InChI is InChI=1S/C24H28N2O/c1-18-7-8-19(2)21(16-18)17-26-15-5-14-25-13-4-6-23(25)24(26)20-9-11-22(27-3)12-10-20/h4,6-13,16,24H,5,14-15,17H2,1-3H3/t24-/m1/s1. The molecule has 1 aliphatic rings. The van der Waals surface area contributed by atoms with Gasteiger partial charge in [-0.1, -0.05) is 35.9 Å². The van der Waals surface area contributed by atoms with Crippen LogP contribution in [0.3, 0.4) is 0 Å². The third-order valence-electron chi connectivity index (χ3n) is 5.66. The van der Waals surface area contributed by atoms with E-state index in [-0.39, 0.29) is 6.04 Å². The Kier molecular flexibility index (Phi) is 5.04. The number of aryl methyl sites for hydroxylation is 3. The van der Waals surface area contributed by atoms with Crippen LogP contribution in [0.5, 0.6) is 5.75 Å². The Morgan fingerprint density at radius 3 is 2.59 bits per heavy atom. The molecule has 0 bridgehead atoms. The molecule has 3 heteroatoms. The van der Waals surface area contributed by atoms with Crippen molar-refractivity contribution in [2.24, 2.45) is 0 Å². The highest BCUT2D eigenvalue weighted by atomic mass is 16.5. The van der Waals surface area contributed by atoms with Crippen molar-refractivity contribution < 1.29 is 4.74 Å². The highest BCUT2D eigenvalue weighted by Gasteiger charge is 2.27. The number of aromatic nitrogens is 1. The predicted octanol–water partition coefficient (Wildman–Crippen LogP) is 5.11. The topological polar surface area (TPSA) is 17.4 Å². The second kappa shape index (κ2) is 7.61. The van der Waals surface area contributed by atoms with Crippen LogP contribution >= 0.6 is 0 Å². The van der Waals surface area contributed by atoms with Crippen molar-refractivity contribution >= 4 is 0 Å². The van der Waals surface area contributed by atoms with E-state index in [1.54, 1.807) is 7.11 Å². The highest BCUT2D eigenvalue weighted by molar-refractivity contribution is 5.36. The maximum atomic E-state index is 5.37. The van der Waals surface area contributed by atoms with Gasteiger partial charge >= 0.3 is 0 Å². The third kappa shape index (κ3) is 3.65. The van der Waals surface area contributed by atoms with Crippen LogP contribution in [-0.2, 0) is 13.1 Å². The first-order valence-corrected chi connectivity index (χ1v) is 9.75. The highest BCUT2D eigenvalue weighted by Crippen LogP contribution is 2.34. The first kappa shape index (κ1) is 17.9. The Morgan fingerprint density at radius 2 is 1.81 bits per heavy atom. The van der Waals surface area contributed by atoms with E-state index in [2.05, 4.69) is 84.1 Å². The molecule has 3 nitrogen and oxygen atoms in total. The zero-order chi connectivity index (χ0) is 18.8. The summed E-state index contributed by atoms with van der Waals surface area (Å²) in [6, 6.07) is 20.1. The Balaban J connectivity index is 1.74. The minimum absolute atomic E-state index is 0.258. The average molecular weight is 361 g/mol. The quantitative estimate of drug-likeness (QED) is 0.643. The molecule has 2 heterocycles. The number of nitrogens with zero attached hydrogens (tertiary/aromatic N) is 2. The lowest BCUT2D eigenvalue weighted by atomic mass is 9.99. The van der Waals surface area contributed by atoms with Crippen molar-refractivity contribution in [3.63, 3.8) is 0 Å². The molecule has 0 saturated carbocycles. The second-order valence-corrected chi connectivity index (χ2v) is 7.56. The van der Waals surface area contributed by atoms with Gasteiger partial charge in [-0.15, -0.1) is 0 Å². The average Bonchev–Trinajstić information content (AvgIpc) is 3.06. The van der Waals surface area contributed by atoms with Crippen molar-refractivity contribution in [1.82, 2.24) is 9.47 Å². The summed E-state index contributed by atoms with van der Waals surface area (Å²) < 4.78 is 7.78. The molecule has 0 radical (unpaired) electrons. The van der Waals surface area contributed by atoms with Crippen molar-refractivity contribution in [2.75, 3.05) is 13.7 Å². The van der Waals surface area contributed by atoms with Gasteiger partial charge in [-0.05, 0) is 61.2 Å². The van der Waals surface area contributed by atoms with E-state index in [1.807, 2.05) is 0 Å². The first-order valence-electron chi connectivity index (χ1n) is 9.75. The molecular formula is C24H28N2O. The van der Waals surface area contributed by atoms with Crippen molar-refractivity contribution in [1.29, 1.82) is 0 Å². The van der Waals surface area contributed by atoms with Gasteiger partial charge in [-0.25, -0.2) is 0 Å². The zero-order valence-corrected chi connectivity index (χ0v) is 16.5. The van der Waals surface area contributed by atoms with E-state index in [1.165, 1.54) is 34.4 Å². The Morgan fingerprint density at radius 1 is 1.00 bits per heavy atom. The SMILES string of the molecule is COc1ccc([C@@H]2c3cccn3CCCN2Cc2cc(C)ccc2C)cc1. The lowest BCUT2D eigenvalue weighted by molar-refractivity contribution is 0.220. The fraction of sp³-hybridized carbons (Fsp3) is 0.333. The number of rotatable bonds is 4. The van der Waals surface area contributed by atoms with Crippen molar-refractivity contribution in [3.8, 4) is 5.75 Å². The summed E-state index contributed by atoms with van der Waals surface area (Å²) in [6.07, 6.45) is 3.38. The first-order chi connectivity index (χ1) is 13.2. The molecular weight excluding hydrogens is 332 g/mol. The number of hydrogen-bond donors (Lipinski definition) is 0. The summed E-state index contributed by atoms with van der Waals surface area (Å²) in [5.41, 5.74) is 6.82. The van der Waals surface area contributed by atoms with Crippen LogP contribution in [0.25, 0.3) is 0 Å². The van der Waals surface area contributed by atoms with Crippen LogP contribution in [0.4, 0.5) is 0 Å². The summed E-state index contributed by atoms with van der Waals surface area (Å²) in [5, 5.41) is 0. The summed E-state index contributed by atoms with van der Waals surface area (Å²) in [5.74, 6) is 0.906. The molecule has 140 valence electrons. The molecule has 0 aliphatic carbocycles. The van der Waals surface area contributed by atoms with Gasteiger partial charge in [0.25, 0.3) is 0 Å². The maximum Gasteiger partial charge on any atom is 0.118 e. The predicted molar refractivity (Wildman–Crippen MR) is 110 cm³/mol. The zero-order valence-electron chi connectivity index (χ0n) is 16.5. The molecule has 3 aromatic rings. The lowest BCUT2D eigenvalue weighted by Crippen LogP contribution is -2.29. The smallest absolute Gasteiger partial charge is 0.118 e. The molecule has 1 aliphatic heterocycles. The lowest BCUT2D eigenvalue weighted by Gasteiger charge is -2.31.